The van der Waals surface area contributed by atoms with Crippen molar-refractivity contribution >= 4 is 16.0 Å². The predicted octanol–water partition coefficient (Wildman–Crippen LogP) is 3.87. The Bertz CT molecular complexity index is 582. The van der Waals surface area contributed by atoms with Crippen molar-refractivity contribution in [2.24, 2.45) is 0 Å². The summed E-state index contributed by atoms with van der Waals surface area (Å²) in [6.07, 6.45) is 8.25. The molecule has 0 aliphatic heterocycles. The van der Waals surface area contributed by atoms with E-state index in [1.165, 1.54) is 0 Å². The fraction of sp³-hybridized carbons (Fsp3) is 0.611. The van der Waals surface area contributed by atoms with Crippen LogP contribution in [0.5, 0.6) is 0 Å². The molecule has 0 aliphatic carbocycles. The van der Waals surface area contributed by atoms with Crippen LogP contribution in [0.4, 0.5) is 0 Å². The van der Waals surface area contributed by atoms with Crippen LogP contribution in [-0.4, -0.2) is 26.0 Å². The lowest BCUT2D eigenvalue weighted by molar-refractivity contribution is -0.137. The van der Waals surface area contributed by atoms with E-state index in [0.29, 0.717) is 11.4 Å². The molecule has 2 N–H and O–H groups in total. The van der Waals surface area contributed by atoms with Crippen molar-refractivity contribution in [2.45, 2.75) is 69.6 Å². The quantitative estimate of drug-likeness (QED) is 0.526. The maximum atomic E-state index is 12.1. The van der Waals surface area contributed by atoms with Crippen molar-refractivity contribution in [3.05, 3.63) is 29.8 Å². The number of nitrogens with one attached hydrogen (secondary N) is 1. The second-order valence-corrected chi connectivity index (χ2v) is 7.95. The number of aryl methyl sites for hydroxylation is 1. The van der Waals surface area contributed by atoms with Gasteiger partial charge >= 0.3 is 5.97 Å². The minimum absolute atomic E-state index is 0.265. The minimum Gasteiger partial charge on any atom is -0.481 e. The van der Waals surface area contributed by atoms with Gasteiger partial charge in [-0.3, -0.25) is 4.79 Å². The smallest absolute Gasteiger partial charge is 0.303 e. The molecule has 136 valence electrons. The van der Waals surface area contributed by atoms with Crippen molar-refractivity contribution < 1.29 is 18.3 Å². The Balaban J connectivity index is 2.03. The topological polar surface area (TPSA) is 83.5 Å². The van der Waals surface area contributed by atoms with E-state index < -0.39 is 16.0 Å². The van der Waals surface area contributed by atoms with Crippen LogP contribution >= 0.6 is 0 Å². The molecular formula is C18H29NO4S. The predicted molar refractivity (Wildman–Crippen MR) is 95.6 cm³/mol. The molecule has 0 spiro atoms. The van der Waals surface area contributed by atoms with Gasteiger partial charge in [0.05, 0.1) is 4.90 Å². The first-order chi connectivity index (χ1) is 11.4. The van der Waals surface area contributed by atoms with Crippen LogP contribution in [0, 0.1) is 6.92 Å². The van der Waals surface area contributed by atoms with Crippen LogP contribution in [-0.2, 0) is 14.8 Å². The third-order valence-electron chi connectivity index (χ3n) is 3.94. The van der Waals surface area contributed by atoms with Crippen molar-refractivity contribution in [1.29, 1.82) is 0 Å². The second kappa shape index (κ2) is 11.2. The number of aliphatic carboxylic acids is 1. The molecule has 0 saturated carbocycles. The zero-order valence-electron chi connectivity index (χ0n) is 14.5. The summed E-state index contributed by atoms with van der Waals surface area (Å²) in [6.45, 7) is 2.39. The van der Waals surface area contributed by atoms with E-state index in [-0.39, 0.29) is 6.42 Å². The molecule has 5 nitrogen and oxygen atoms in total. The average Bonchev–Trinajstić information content (AvgIpc) is 2.52. The summed E-state index contributed by atoms with van der Waals surface area (Å²) < 4.78 is 26.8. The molecule has 0 radical (unpaired) electrons. The maximum Gasteiger partial charge on any atom is 0.303 e. The molecule has 0 heterocycles. The van der Waals surface area contributed by atoms with Crippen LogP contribution in [0.3, 0.4) is 0 Å². The van der Waals surface area contributed by atoms with Crippen LogP contribution in [0.15, 0.2) is 29.2 Å². The van der Waals surface area contributed by atoms with Crippen molar-refractivity contribution in [2.75, 3.05) is 6.54 Å². The first-order valence-corrected chi connectivity index (χ1v) is 10.2. The first-order valence-electron chi connectivity index (χ1n) is 8.70. The molecule has 1 aromatic rings. The third kappa shape index (κ3) is 9.03. The molecule has 1 aromatic carbocycles. The van der Waals surface area contributed by atoms with E-state index in [1.54, 1.807) is 24.3 Å². The highest BCUT2D eigenvalue weighted by Crippen LogP contribution is 2.11. The summed E-state index contributed by atoms with van der Waals surface area (Å²) in [7, 11) is -3.39. The van der Waals surface area contributed by atoms with Gasteiger partial charge in [-0.1, -0.05) is 56.2 Å². The molecule has 0 bridgehead atoms. The van der Waals surface area contributed by atoms with Gasteiger partial charge in [0.1, 0.15) is 0 Å². The van der Waals surface area contributed by atoms with Crippen molar-refractivity contribution in [3.63, 3.8) is 0 Å². The van der Waals surface area contributed by atoms with Crippen molar-refractivity contribution in [3.8, 4) is 0 Å². The number of hydrogen-bond acceptors (Lipinski definition) is 3. The lowest BCUT2D eigenvalue weighted by atomic mass is 10.1. The molecular weight excluding hydrogens is 326 g/mol. The average molecular weight is 356 g/mol. The maximum absolute atomic E-state index is 12.1. The number of sulfonamides is 1. The number of carbonyl (C=O) groups is 1. The Morgan fingerprint density at radius 2 is 1.42 bits per heavy atom. The lowest BCUT2D eigenvalue weighted by Crippen LogP contribution is -2.24. The summed E-state index contributed by atoms with van der Waals surface area (Å²) in [4.78, 5) is 10.7. The molecule has 1 rings (SSSR count). The van der Waals surface area contributed by atoms with Gasteiger partial charge in [0, 0.05) is 13.0 Å². The van der Waals surface area contributed by atoms with Gasteiger partial charge in [0.15, 0.2) is 0 Å². The van der Waals surface area contributed by atoms with E-state index in [2.05, 4.69) is 4.72 Å². The van der Waals surface area contributed by atoms with E-state index >= 15 is 0 Å². The summed E-state index contributed by atoms with van der Waals surface area (Å²) in [5, 5.41) is 8.53. The van der Waals surface area contributed by atoms with Gasteiger partial charge in [0.2, 0.25) is 10.0 Å². The van der Waals surface area contributed by atoms with Crippen LogP contribution in [0.25, 0.3) is 0 Å². The highest BCUT2D eigenvalue weighted by atomic mass is 32.2. The summed E-state index contributed by atoms with van der Waals surface area (Å²) in [6, 6.07) is 6.85. The molecule has 0 aliphatic rings. The first kappa shape index (κ1) is 20.6. The molecule has 0 saturated heterocycles. The van der Waals surface area contributed by atoms with E-state index in [0.717, 1.165) is 56.9 Å². The number of carboxylic acid groups (broad SMARTS) is 1. The van der Waals surface area contributed by atoms with Crippen LogP contribution in [0.1, 0.15) is 63.4 Å². The second-order valence-electron chi connectivity index (χ2n) is 6.18. The fourth-order valence-corrected chi connectivity index (χ4v) is 3.54. The molecule has 24 heavy (non-hydrogen) atoms. The third-order valence-corrected chi connectivity index (χ3v) is 5.42. The van der Waals surface area contributed by atoms with E-state index in [1.807, 2.05) is 6.92 Å². The Morgan fingerprint density at radius 1 is 0.917 bits per heavy atom. The lowest BCUT2D eigenvalue weighted by Gasteiger charge is -2.07. The highest BCUT2D eigenvalue weighted by molar-refractivity contribution is 7.89. The van der Waals surface area contributed by atoms with E-state index in [9.17, 15) is 13.2 Å². The minimum atomic E-state index is -3.39. The van der Waals surface area contributed by atoms with Crippen LogP contribution < -0.4 is 4.72 Å². The number of rotatable bonds is 13. The molecule has 0 atom stereocenters. The van der Waals surface area contributed by atoms with Crippen molar-refractivity contribution in [1.82, 2.24) is 4.72 Å². The highest BCUT2D eigenvalue weighted by Gasteiger charge is 2.12. The molecule has 0 fully saturated rings. The number of unbranched alkanes of at least 4 members (excludes halogenated alkanes) is 7. The zero-order chi connectivity index (χ0) is 17.8. The van der Waals surface area contributed by atoms with Gasteiger partial charge in [-0.15, -0.1) is 0 Å². The number of hydrogen-bond donors (Lipinski definition) is 2. The van der Waals surface area contributed by atoms with Gasteiger partial charge in [-0.05, 0) is 31.9 Å². The normalized spacial score (nSPS) is 11.5. The molecule has 0 amide bonds. The summed E-state index contributed by atoms with van der Waals surface area (Å²) >= 11 is 0. The van der Waals surface area contributed by atoms with Gasteiger partial charge < -0.3 is 5.11 Å². The fourth-order valence-electron chi connectivity index (χ4n) is 2.47. The van der Waals surface area contributed by atoms with Gasteiger partial charge in [0.25, 0.3) is 0 Å². The Kier molecular flexibility index (Phi) is 9.64. The summed E-state index contributed by atoms with van der Waals surface area (Å²) in [5.41, 5.74) is 1.04. The number of benzene rings is 1. The molecule has 6 heteroatoms. The zero-order valence-corrected chi connectivity index (χ0v) is 15.3. The Hall–Kier alpha value is -1.40. The monoisotopic (exact) mass is 355 g/mol. The largest absolute Gasteiger partial charge is 0.481 e. The van der Waals surface area contributed by atoms with Crippen LogP contribution in [0.2, 0.25) is 0 Å². The Morgan fingerprint density at radius 3 is 1.96 bits per heavy atom. The standard InChI is InChI=1S/C18H29NO4S/c1-16-11-13-17(14-12-16)24(22,23)19-15-9-7-5-3-2-4-6-8-10-18(20)21/h11-14,19H,2-10,15H2,1H3,(H,20,21). The SMILES string of the molecule is Cc1ccc(S(=O)(=O)NCCCCCCCCCCC(=O)O)cc1. The van der Waals surface area contributed by atoms with E-state index in [4.69, 9.17) is 5.11 Å². The molecule has 0 aromatic heterocycles. The van der Waals surface area contributed by atoms with Gasteiger partial charge in [-0.2, -0.15) is 0 Å². The summed E-state index contributed by atoms with van der Waals surface area (Å²) in [5.74, 6) is -0.719. The number of carboxylic acids is 1. The Labute approximate surface area is 145 Å². The van der Waals surface area contributed by atoms with Gasteiger partial charge in [-0.25, -0.2) is 13.1 Å². The molecule has 0 unspecified atom stereocenters.